The van der Waals surface area contributed by atoms with Gasteiger partial charge in [0.05, 0.1) is 30.6 Å². The summed E-state index contributed by atoms with van der Waals surface area (Å²) in [6.45, 7) is 5.03. The molecular formula is C30H37FN2O7S2. The molecule has 228 valence electrons. The Morgan fingerprint density at radius 2 is 2.05 bits per heavy atom. The van der Waals surface area contributed by atoms with E-state index in [1.807, 2.05) is 13.8 Å². The molecule has 42 heavy (non-hydrogen) atoms. The third kappa shape index (κ3) is 6.78. The molecule has 1 N–H and O–H groups in total. The van der Waals surface area contributed by atoms with Gasteiger partial charge in [0.2, 0.25) is 0 Å². The van der Waals surface area contributed by atoms with E-state index >= 15 is 0 Å². The van der Waals surface area contributed by atoms with Crippen molar-refractivity contribution in [3.8, 4) is 16.9 Å². The van der Waals surface area contributed by atoms with Gasteiger partial charge < -0.3 is 23.9 Å². The van der Waals surface area contributed by atoms with Crippen LogP contribution in [-0.4, -0.2) is 65.3 Å². The quantitative estimate of drug-likeness (QED) is 0.109. The first-order valence-corrected chi connectivity index (χ1v) is 16.6. The summed E-state index contributed by atoms with van der Waals surface area (Å²) < 4.78 is 66.4. The number of anilines is 1. The molecule has 4 rings (SSSR count). The molecule has 1 aliphatic rings. The predicted octanol–water partition coefficient (Wildman–Crippen LogP) is 5.52. The fraction of sp³-hybridized carbons (Fsp3) is 0.333. The van der Waals surface area contributed by atoms with E-state index in [-0.39, 0.29) is 52.6 Å². The number of hydrogen-bond acceptors (Lipinski definition) is 8. The lowest BCUT2D eigenvalue weighted by Gasteiger charge is -2.29. The second-order valence-electron chi connectivity index (χ2n) is 9.26. The number of nitrogens with one attached hydrogen (secondary N) is 1. The van der Waals surface area contributed by atoms with Gasteiger partial charge in [-0.1, -0.05) is 31.9 Å². The van der Waals surface area contributed by atoms with Gasteiger partial charge in [0.1, 0.15) is 36.2 Å². The van der Waals surface area contributed by atoms with Crippen molar-refractivity contribution >= 4 is 44.1 Å². The van der Waals surface area contributed by atoms with Crippen LogP contribution in [0.4, 0.5) is 10.1 Å². The number of likely N-dealkylation sites (N-methyl/N-ethyl adjacent to an activating group) is 1. The van der Waals surface area contributed by atoms with Gasteiger partial charge in [0.15, 0.2) is 0 Å². The van der Waals surface area contributed by atoms with Crippen LogP contribution in [0.5, 0.6) is 5.75 Å². The van der Waals surface area contributed by atoms with Crippen molar-refractivity contribution in [1.82, 2.24) is 5.32 Å². The van der Waals surface area contributed by atoms with Crippen molar-refractivity contribution in [2.24, 2.45) is 0 Å². The molecule has 1 atom stereocenters. The maximum absolute atomic E-state index is 14.4. The summed E-state index contributed by atoms with van der Waals surface area (Å²) in [4.78, 5) is 13.1. The molecule has 1 unspecified atom stereocenters. The first kappa shape index (κ1) is 31.5. The Bertz CT molecular complexity index is 1590. The normalized spacial score (nSPS) is 13.3. The predicted molar refractivity (Wildman–Crippen MR) is 167 cm³/mol. The van der Waals surface area contributed by atoms with E-state index in [1.165, 1.54) is 25.5 Å². The minimum absolute atomic E-state index is 0. The lowest BCUT2D eigenvalue weighted by Crippen LogP contribution is -2.35. The Morgan fingerprint density at radius 3 is 2.79 bits per heavy atom. The number of rotatable bonds is 14. The average molecular weight is 621 g/mol. The molecule has 1 aliphatic heterocycles. The van der Waals surface area contributed by atoms with Crippen molar-refractivity contribution in [1.29, 1.82) is 0 Å². The van der Waals surface area contributed by atoms with E-state index < -0.39 is 28.5 Å². The number of carbonyl (C=O) groups excluding carboxylic acids is 1. The fourth-order valence-corrected chi connectivity index (χ4v) is 6.59. The Hall–Kier alpha value is -3.45. The van der Waals surface area contributed by atoms with E-state index in [1.54, 1.807) is 24.3 Å². The molecule has 12 heteroatoms. The molecule has 0 bridgehead atoms. The van der Waals surface area contributed by atoms with Crippen LogP contribution in [0.2, 0.25) is 0 Å². The molecule has 0 aliphatic carbocycles. The molecular weight excluding hydrogens is 583 g/mol. The van der Waals surface area contributed by atoms with Crippen molar-refractivity contribution in [2.75, 3.05) is 49.3 Å². The maximum Gasteiger partial charge on any atom is 0.343 e. The highest BCUT2D eigenvalue weighted by Crippen LogP contribution is 2.45. The first-order chi connectivity index (χ1) is 20.2. The summed E-state index contributed by atoms with van der Waals surface area (Å²) >= 11 is 0. The summed E-state index contributed by atoms with van der Waals surface area (Å²) in [5.74, 6) is 4.97. The molecule has 1 aromatic heterocycles. The lowest BCUT2D eigenvalue weighted by atomic mass is 9.98. The topological polar surface area (TPSA) is 107 Å². The van der Waals surface area contributed by atoms with Crippen LogP contribution >= 0.6 is 10.5 Å². The van der Waals surface area contributed by atoms with Gasteiger partial charge in [0.25, 0.3) is 10.0 Å². The van der Waals surface area contributed by atoms with Crippen molar-refractivity contribution < 1.29 is 37.7 Å². The zero-order chi connectivity index (χ0) is 30.3. The van der Waals surface area contributed by atoms with Crippen LogP contribution < -0.4 is 14.4 Å². The van der Waals surface area contributed by atoms with Crippen LogP contribution in [0.15, 0.2) is 58.1 Å². The minimum atomic E-state index is -4.42. The van der Waals surface area contributed by atoms with E-state index in [0.717, 1.165) is 27.8 Å². The number of nitrogens with zero attached hydrogens (tertiary/aromatic N) is 1. The van der Waals surface area contributed by atoms with Crippen LogP contribution in [-0.2, 0) is 26.1 Å². The third-order valence-corrected chi connectivity index (χ3v) is 10.0. The second kappa shape index (κ2) is 14.1. The van der Waals surface area contributed by atoms with Gasteiger partial charge >= 0.3 is 5.97 Å². The Balaban J connectivity index is 0.00000506. The summed E-state index contributed by atoms with van der Waals surface area (Å²) in [7, 11) is -3.35. The van der Waals surface area contributed by atoms with Gasteiger partial charge in [-0.3, -0.25) is 0 Å². The van der Waals surface area contributed by atoms with E-state index in [4.69, 9.17) is 18.6 Å². The number of halogens is 1. The molecule has 0 spiro atoms. The van der Waals surface area contributed by atoms with Gasteiger partial charge in [-0.25, -0.2) is 21.9 Å². The van der Waals surface area contributed by atoms with Gasteiger partial charge in [-0.2, -0.15) is 10.5 Å². The fourth-order valence-electron chi connectivity index (χ4n) is 4.43. The monoisotopic (exact) mass is 620 g/mol. The minimum Gasteiger partial charge on any atom is -0.484 e. The molecule has 3 aromatic rings. The van der Waals surface area contributed by atoms with Crippen LogP contribution in [0.3, 0.4) is 0 Å². The smallest absolute Gasteiger partial charge is 0.343 e. The highest BCUT2D eigenvalue weighted by atomic mass is 32.2. The summed E-state index contributed by atoms with van der Waals surface area (Å²) in [6.07, 6.45) is 4.78. The highest BCUT2D eigenvalue weighted by Gasteiger charge is 2.35. The van der Waals surface area contributed by atoms with E-state index in [2.05, 4.69) is 11.2 Å². The molecule has 0 amide bonds. The molecule has 0 radical (unpaired) electrons. The largest absolute Gasteiger partial charge is 0.484 e. The lowest BCUT2D eigenvalue weighted by molar-refractivity contribution is 0.0595. The number of furan rings is 1. The number of carbonyl (C=O) groups is 1. The standard InChI is InChI=1S/C30H35FN2O7S2.H2/c1-5-32-14-7-8-21-18-22(31)9-12-27(21)42(35,36)33(20-38-16-17-41(4)6-2)25-11-10-24-23-13-15-39-26(23)19-40-29(24)28(25)30(34)37-3;/h7-13,15,18,32H,4-6,14,16-17,19-20H2,1-3H3;1H/b8-7-;. The molecule has 0 saturated carbocycles. The Morgan fingerprint density at radius 1 is 1.24 bits per heavy atom. The first-order valence-electron chi connectivity index (χ1n) is 13.4. The molecule has 0 fully saturated rings. The molecule has 0 saturated heterocycles. The Kier molecular flexibility index (Phi) is 10.6. The van der Waals surface area contributed by atoms with Crippen molar-refractivity contribution in [2.45, 2.75) is 25.3 Å². The SMILES string of the molecule is C=S(CC)CCOCN(c1ccc2c(c1C(=O)OC)OCc1occc1-2)S(=O)(=O)c1ccc(F)cc1/C=C\CNCC.[HH]. The van der Waals surface area contributed by atoms with E-state index in [0.29, 0.717) is 30.2 Å². The zero-order valence-electron chi connectivity index (χ0n) is 23.9. The number of hydrogen-bond donors (Lipinski definition) is 1. The van der Waals surface area contributed by atoms with E-state index in [9.17, 15) is 17.6 Å². The highest BCUT2D eigenvalue weighted by molar-refractivity contribution is 8.14. The molecule has 2 heterocycles. The zero-order valence-corrected chi connectivity index (χ0v) is 25.5. The molecule has 9 nitrogen and oxygen atoms in total. The van der Waals surface area contributed by atoms with Gasteiger partial charge in [0, 0.05) is 24.9 Å². The van der Waals surface area contributed by atoms with Crippen LogP contribution in [0, 0.1) is 5.82 Å². The second-order valence-corrected chi connectivity index (χ2v) is 13.3. The molecule has 2 aromatic carbocycles. The number of sulfonamides is 1. The van der Waals surface area contributed by atoms with Gasteiger partial charge in [-0.05, 0) is 54.3 Å². The maximum atomic E-state index is 14.4. The summed E-state index contributed by atoms with van der Waals surface area (Å²) in [6, 6.07) is 8.38. The van der Waals surface area contributed by atoms with Crippen LogP contribution in [0.25, 0.3) is 17.2 Å². The number of ether oxygens (including phenoxy) is 3. The average Bonchev–Trinajstić information content (AvgIpc) is 3.47. The van der Waals surface area contributed by atoms with Crippen molar-refractivity contribution in [3.05, 3.63) is 71.4 Å². The number of methoxy groups -OCH3 is 1. The number of benzene rings is 2. The number of fused-ring (bicyclic) bond motifs is 3. The van der Waals surface area contributed by atoms with Gasteiger partial charge in [-0.15, -0.1) is 0 Å². The Labute approximate surface area is 249 Å². The third-order valence-electron chi connectivity index (χ3n) is 6.66. The van der Waals surface area contributed by atoms with Crippen LogP contribution in [0.1, 0.15) is 37.0 Å². The number of esters is 1. The summed E-state index contributed by atoms with van der Waals surface area (Å²) in [5, 5.41) is 3.11. The van der Waals surface area contributed by atoms with Crippen molar-refractivity contribution in [3.63, 3.8) is 0 Å². The summed E-state index contributed by atoms with van der Waals surface area (Å²) in [5.41, 5.74) is 1.37.